The Hall–Kier alpha value is -0.510. The lowest BCUT2D eigenvalue weighted by molar-refractivity contribution is 0.146. The number of aromatic nitrogens is 1. The summed E-state index contributed by atoms with van der Waals surface area (Å²) in [5.41, 5.74) is -0.770. The van der Waals surface area contributed by atoms with Crippen LogP contribution < -0.4 is 0 Å². The smallest absolute Gasteiger partial charge is 0.255 e. The molecule has 0 bridgehead atoms. The molecule has 0 saturated carbocycles. The largest absolute Gasteiger partial charge is 0.280 e. The molecule has 0 atom stereocenters. The van der Waals surface area contributed by atoms with Crippen LogP contribution in [0.5, 0.6) is 0 Å². The molecule has 0 radical (unpaired) electrons. The van der Waals surface area contributed by atoms with Gasteiger partial charge in [-0.15, -0.1) is 0 Å². The molecule has 0 fully saturated rings. The van der Waals surface area contributed by atoms with E-state index >= 15 is 0 Å². The van der Waals surface area contributed by atoms with Gasteiger partial charge in [-0.1, -0.05) is 15.9 Å². The Kier molecular flexibility index (Phi) is 1.34. The maximum absolute atomic E-state index is 12.2. The van der Waals surface area contributed by atoms with Gasteiger partial charge in [0.25, 0.3) is 6.43 Å². The van der Waals surface area contributed by atoms with Crippen LogP contribution in [0.15, 0.2) is 22.7 Å². The van der Waals surface area contributed by atoms with Gasteiger partial charge in [0.15, 0.2) is 0 Å². The van der Waals surface area contributed by atoms with Crippen LogP contribution in [0.25, 0.3) is 0 Å². The minimum Gasteiger partial charge on any atom is -0.255 e. The van der Waals surface area contributed by atoms with E-state index in [-0.39, 0.29) is 10.5 Å². The molecule has 10 heavy (non-hydrogen) atoms. The van der Waals surface area contributed by atoms with Gasteiger partial charge in [0.1, 0.15) is 5.69 Å². The highest BCUT2D eigenvalue weighted by atomic mass is 79.9. The standard InChI is InChI=1S/C6H4BrF2N/c7-4-1-2-10-5(3-4)6(8)9/h1-3,6H/i1D,2D,3D. The van der Waals surface area contributed by atoms with Crippen molar-refractivity contribution in [3.8, 4) is 0 Å². The second kappa shape index (κ2) is 3.05. The molecule has 0 saturated heterocycles. The van der Waals surface area contributed by atoms with E-state index in [2.05, 4.69) is 20.9 Å². The van der Waals surface area contributed by atoms with E-state index in [0.717, 1.165) is 0 Å². The van der Waals surface area contributed by atoms with Crippen LogP contribution in [-0.2, 0) is 0 Å². The Labute approximate surface area is 69.4 Å². The Morgan fingerprint density at radius 1 is 1.70 bits per heavy atom. The zero-order valence-electron chi connectivity index (χ0n) is 7.66. The first-order chi connectivity index (χ1) is 5.95. The summed E-state index contributed by atoms with van der Waals surface area (Å²) in [7, 11) is 0. The van der Waals surface area contributed by atoms with Crippen molar-refractivity contribution in [2.24, 2.45) is 0 Å². The number of hydrogen-bond donors (Lipinski definition) is 0. The second-order valence-electron chi connectivity index (χ2n) is 1.47. The van der Waals surface area contributed by atoms with E-state index in [9.17, 15) is 8.78 Å². The van der Waals surface area contributed by atoms with Crippen LogP contribution in [0, 0.1) is 0 Å². The van der Waals surface area contributed by atoms with Gasteiger partial charge < -0.3 is 0 Å². The lowest BCUT2D eigenvalue weighted by Crippen LogP contribution is -1.87. The molecule has 1 rings (SSSR count). The summed E-state index contributed by atoms with van der Waals surface area (Å²) >= 11 is 2.78. The zero-order valence-corrected chi connectivity index (χ0v) is 6.24. The molecule has 0 aliphatic carbocycles. The van der Waals surface area contributed by atoms with Gasteiger partial charge in [0, 0.05) is 10.6 Å². The summed E-state index contributed by atoms with van der Waals surface area (Å²) in [6.07, 6.45) is -3.45. The number of halogens is 3. The maximum Gasteiger partial charge on any atom is 0.280 e. The van der Waals surface area contributed by atoms with E-state index in [0.29, 0.717) is 0 Å². The van der Waals surface area contributed by atoms with Gasteiger partial charge in [-0.3, -0.25) is 4.98 Å². The first-order valence-electron chi connectivity index (χ1n) is 3.86. The summed E-state index contributed by atoms with van der Waals surface area (Å²) in [6.45, 7) is 0. The molecule has 1 aromatic heterocycles. The normalized spacial score (nSPS) is 14.6. The molecular weight excluding hydrogens is 204 g/mol. The van der Waals surface area contributed by atoms with Crippen molar-refractivity contribution in [1.29, 1.82) is 0 Å². The Balaban J connectivity index is 3.41. The predicted molar refractivity (Wildman–Crippen MR) is 36.9 cm³/mol. The van der Waals surface area contributed by atoms with E-state index in [1.165, 1.54) is 0 Å². The molecule has 1 heterocycles. The van der Waals surface area contributed by atoms with Crippen LogP contribution in [-0.4, -0.2) is 4.98 Å². The third-order valence-electron chi connectivity index (χ3n) is 0.787. The average molecular weight is 211 g/mol. The first kappa shape index (κ1) is 4.38. The number of hydrogen-bond acceptors (Lipinski definition) is 1. The second-order valence-corrected chi connectivity index (χ2v) is 2.27. The Bertz CT molecular complexity index is 345. The molecule has 1 nitrogen and oxygen atoms in total. The summed E-state index contributed by atoms with van der Waals surface area (Å²) in [5, 5.41) is 0. The lowest BCUT2D eigenvalue weighted by Gasteiger charge is -1.96. The molecule has 0 N–H and O–H groups in total. The van der Waals surface area contributed by atoms with Crippen molar-refractivity contribution in [3.63, 3.8) is 0 Å². The van der Waals surface area contributed by atoms with E-state index in [4.69, 9.17) is 4.11 Å². The van der Waals surface area contributed by atoms with Crippen LogP contribution in [0.2, 0.25) is 0 Å². The van der Waals surface area contributed by atoms with Crippen LogP contribution in [0.4, 0.5) is 8.78 Å². The van der Waals surface area contributed by atoms with Gasteiger partial charge in [-0.2, -0.15) is 0 Å². The molecule has 0 amide bonds. The van der Waals surface area contributed by atoms with Crippen LogP contribution in [0.3, 0.4) is 0 Å². The van der Waals surface area contributed by atoms with Crippen molar-refractivity contribution in [1.82, 2.24) is 4.98 Å². The van der Waals surface area contributed by atoms with Crippen LogP contribution >= 0.6 is 15.9 Å². The molecule has 0 aliphatic rings. The molecule has 0 aromatic carbocycles. The lowest BCUT2D eigenvalue weighted by atomic mass is 10.4. The van der Waals surface area contributed by atoms with E-state index in [1.807, 2.05) is 0 Å². The molecule has 4 heteroatoms. The molecule has 0 aliphatic heterocycles. The molecule has 54 valence electrons. The maximum atomic E-state index is 12.2. The van der Waals surface area contributed by atoms with Crippen molar-refractivity contribution >= 4 is 15.9 Å². The monoisotopic (exact) mass is 210 g/mol. The quantitative estimate of drug-likeness (QED) is 0.695. The zero-order chi connectivity index (χ0) is 10.2. The fourth-order valence-corrected chi connectivity index (χ4v) is 0.704. The Morgan fingerprint density at radius 2 is 2.40 bits per heavy atom. The number of nitrogens with zero attached hydrogens (tertiary/aromatic N) is 1. The van der Waals surface area contributed by atoms with Crippen molar-refractivity contribution in [2.75, 3.05) is 0 Å². The fraction of sp³-hybridized carbons (Fsp3) is 0.167. The van der Waals surface area contributed by atoms with E-state index in [1.54, 1.807) is 0 Å². The molecule has 1 aromatic rings. The highest BCUT2D eigenvalue weighted by Gasteiger charge is 2.07. The highest BCUT2D eigenvalue weighted by molar-refractivity contribution is 9.10. The number of pyridine rings is 1. The van der Waals surface area contributed by atoms with E-state index < -0.39 is 24.3 Å². The number of alkyl halides is 2. The SMILES string of the molecule is [2H]c1nc(C(F)F)c([2H])c(Br)c1[2H]. The predicted octanol–water partition coefficient (Wildman–Crippen LogP) is 2.78. The summed E-state index contributed by atoms with van der Waals surface area (Å²) in [5.74, 6) is 0. The van der Waals surface area contributed by atoms with Gasteiger partial charge in [0.2, 0.25) is 0 Å². The fourth-order valence-electron chi connectivity index (χ4n) is 0.412. The minimum atomic E-state index is -2.89. The van der Waals surface area contributed by atoms with Crippen molar-refractivity contribution < 1.29 is 12.9 Å². The summed E-state index contributed by atoms with van der Waals surface area (Å²) < 4.78 is 45.6. The van der Waals surface area contributed by atoms with Crippen molar-refractivity contribution in [2.45, 2.75) is 6.43 Å². The van der Waals surface area contributed by atoms with Gasteiger partial charge in [-0.25, -0.2) is 8.78 Å². The van der Waals surface area contributed by atoms with Crippen molar-refractivity contribution in [3.05, 3.63) is 28.4 Å². The van der Waals surface area contributed by atoms with Gasteiger partial charge in [0.05, 0.1) is 4.11 Å². The summed E-state index contributed by atoms with van der Waals surface area (Å²) in [4.78, 5) is 3.14. The topological polar surface area (TPSA) is 12.9 Å². The average Bonchev–Trinajstić information content (AvgIpc) is 2.07. The minimum absolute atomic E-state index is 0.122. The first-order valence-corrected chi connectivity index (χ1v) is 3.15. The third-order valence-corrected chi connectivity index (χ3v) is 1.18. The summed E-state index contributed by atoms with van der Waals surface area (Å²) in [6, 6.07) is -0.884. The number of rotatable bonds is 1. The van der Waals surface area contributed by atoms with Gasteiger partial charge in [-0.05, 0) is 12.1 Å². The van der Waals surface area contributed by atoms with Crippen LogP contribution in [0.1, 0.15) is 16.2 Å². The molecule has 0 unspecified atom stereocenters. The molecular formula is C6H4BrF2N. The third kappa shape index (κ3) is 1.73. The van der Waals surface area contributed by atoms with Gasteiger partial charge >= 0.3 is 0 Å². The highest BCUT2D eigenvalue weighted by Crippen LogP contribution is 2.18. The molecule has 0 spiro atoms. The Morgan fingerprint density at radius 3 is 3.00 bits per heavy atom.